The van der Waals surface area contributed by atoms with Crippen LogP contribution in [0.25, 0.3) is 0 Å². The summed E-state index contributed by atoms with van der Waals surface area (Å²) in [6, 6.07) is 0. The Hall–Kier alpha value is -0.0652. The van der Waals surface area contributed by atoms with Crippen LogP contribution in [0.3, 0.4) is 0 Å². The van der Waals surface area contributed by atoms with E-state index in [4.69, 9.17) is 0 Å². The molecule has 3 radical (unpaired) electrons. The molecule has 5 rings (SSSR count). The van der Waals surface area contributed by atoms with Crippen LogP contribution >= 0.6 is 0 Å². The fraction of sp³-hybridized carbons (Fsp3) is 0.909. The molecule has 0 spiro atoms. The lowest BCUT2D eigenvalue weighted by Crippen LogP contribution is -2.37. The number of fused-ring (bicyclic) bond motifs is 2. The predicted octanol–water partition coefficient (Wildman–Crippen LogP) is 6.37. The van der Waals surface area contributed by atoms with Gasteiger partial charge in [0.1, 0.15) is 21.8 Å². The Kier molecular flexibility index (Phi) is 4.89. The molecule has 0 aliphatic heterocycles. The summed E-state index contributed by atoms with van der Waals surface area (Å²) >= 11 is 0. The van der Waals surface area contributed by atoms with E-state index in [9.17, 15) is 0 Å². The topological polar surface area (TPSA) is 0 Å². The minimum Gasteiger partial charge on any atom is -0.0853 e. The molecule has 0 aromatic carbocycles. The molecule has 0 aromatic heterocycles. The van der Waals surface area contributed by atoms with E-state index in [1.54, 1.807) is 5.57 Å². The van der Waals surface area contributed by atoms with E-state index >= 15 is 0 Å². The molecule has 0 amide bonds. The van der Waals surface area contributed by atoms with E-state index in [1.165, 1.54) is 70.6 Å². The molecule has 4 fully saturated rings. The predicted molar refractivity (Wildman–Crippen MR) is 111 cm³/mol. The Balaban J connectivity index is 1.10. The molecule has 25 heavy (non-hydrogen) atoms. The second kappa shape index (κ2) is 7.16. The monoisotopic (exact) mass is 331 g/mol. The molecular weight excluding hydrogens is 297 g/mol. The zero-order valence-corrected chi connectivity index (χ0v) is 16.2. The van der Waals surface area contributed by atoms with Gasteiger partial charge in [0.05, 0.1) is 0 Å². The summed E-state index contributed by atoms with van der Waals surface area (Å²) in [5.41, 5.74) is 1.80. The Morgan fingerprint density at radius 2 is 1.28 bits per heavy atom. The van der Waals surface area contributed by atoms with E-state index in [2.05, 4.69) is 34.8 Å². The van der Waals surface area contributed by atoms with Crippen molar-refractivity contribution in [3.05, 3.63) is 11.6 Å². The molecule has 4 saturated carbocycles. The molecule has 3 heteroatoms. The van der Waals surface area contributed by atoms with Gasteiger partial charge in [-0.3, -0.25) is 0 Å². The highest BCUT2D eigenvalue weighted by molar-refractivity contribution is 6.51. The first-order chi connectivity index (χ1) is 12.3. The van der Waals surface area contributed by atoms with Gasteiger partial charge in [-0.15, -0.1) is 0 Å². The fourth-order valence-corrected chi connectivity index (χ4v) is 6.42. The summed E-state index contributed by atoms with van der Waals surface area (Å²) < 4.78 is 0. The van der Waals surface area contributed by atoms with Gasteiger partial charge in [0.2, 0.25) is 0 Å². The van der Waals surface area contributed by atoms with Crippen LogP contribution < -0.4 is 0 Å². The standard InChI is InChI=1S/C22H34B3/c1-14-6-7-17(14)23-18-8-9-19(18)24-20-10-11-21(20)25-22-13-15-4-2-3-5-16(22)12-15/h4,14,16-22H,2-3,5-13H2,1H3. The molecule has 8 atom stereocenters. The van der Waals surface area contributed by atoms with Gasteiger partial charge in [0.15, 0.2) is 0 Å². The zero-order chi connectivity index (χ0) is 16.8. The Bertz CT molecular complexity index is 515. The lowest BCUT2D eigenvalue weighted by Gasteiger charge is -2.47. The van der Waals surface area contributed by atoms with Gasteiger partial charge in [0, 0.05) is 0 Å². The van der Waals surface area contributed by atoms with Crippen LogP contribution in [0.1, 0.15) is 77.6 Å². The van der Waals surface area contributed by atoms with Gasteiger partial charge in [-0.05, 0) is 37.5 Å². The normalized spacial score (nSPS) is 48.3. The summed E-state index contributed by atoms with van der Waals surface area (Å²) in [5, 5.41) is 0. The third-order valence-corrected chi connectivity index (χ3v) is 8.78. The van der Waals surface area contributed by atoms with Gasteiger partial charge in [0.25, 0.3) is 0 Å². The van der Waals surface area contributed by atoms with Gasteiger partial charge < -0.3 is 0 Å². The first kappa shape index (κ1) is 17.1. The van der Waals surface area contributed by atoms with Crippen molar-refractivity contribution in [3.8, 4) is 0 Å². The van der Waals surface area contributed by atoms with E-state index in [0.29, 0.717) is 0 Å². The third kappa shape index (κ3) is 3.43. The van der Waals surface area contributed by atoms with Crippen molar-refractivity contribution in [2.45, 2.75) is 112 Å². The van der Waals surface area contributed by atoms with Gasteiger partial charge in [-0.25, -0.2) is 0 Å². The molecule has 5 aliphatic carbocycles. The third-order valence-electron chi connectivity index (χ3n) is 8.78. The van der Waals surface area contributed by atoms with Crippen molar-refractivity contribution in [1.82, 2.24) is 0 Å². The molecule has 8 unspecified atom stereocenters. The highest BCUT2D eigenvalue weighted by Crippen LogP contribution is 2.56. The average Bonchev–Trinajstić information content (AvgIpc) is 2.78. The molecule has 0 N–H and O–H groups in total. The molecule has 131 valence electrons. The second-order valence-electron chi connectivity index (χ2n) is 10.2. The van der Waals surface area contributed by atoms with Crippen molar-refractivity contribution >= 4 is 21.8 Å². The van der Waals surface area contributed by atoms with E-state index in [1.807, 2.05) is 0 Å². The summed E-state index contributed by atoms with van der Waals surface area (Å²) in [4.78, 5) is 0. The Morgan fingerprint density at radius 1 is 0.680 bits per heavy atom. The first-order valence-corrected chi connectivity index (χ1v) is 11.5. The smallest absolute Gasteiger partial charge is 0.0853 e. The molecular formula is C22H34B3. The van der Waals surface area contributed by atoms with Crippen molar-refractivity contribution in [2.24, 2.45) is 11.8 Å². The SMILES string of the molecule is CC1CCC1[B]C1CCC1[B]C1CCC1[B]C1CC2=CCCCC1C2. The summed E-state index contributed by atoms with van der Waals surface area (Å²) in [6.07, 6.45) is 18.6. The summed E-state index contributed by atoms with van der Waals surface area (Å²) in [6.45, 7) is 2.45. The Labute approximate surface area is 158 Å². The first-order valence-electron chi connectivity index (χ1n) is 11.5. The van der Waals surface area contributed by atoms with Gasteiger partial charge in [-0.2, -0.15) is 0 Å². The van der Waals surface area contributed by atoms with Crippen molar-refractivity contribution in [1.29, 1.82) is 0 Å². The fourth-order valence-electron chi connectivity index (χ4n) is 6.42. The molecule has 0 aromatic rings. The van der Waals surface area contributed by atoms with Crippen molar-refractivity contribution in [2.75, 3.05) is 0 Å². The number of hydrogen-bond donors (Lipinski definition) is 0. The van der Waals surface area contributed by atoms with Crippen molar-refractivity contribution < 1.29 is 0 Å². The zero-order valence-electron chi connectivity index (χ0n) is 16.2. The van der Waals surface area contributed by atoms with E-state index in [0.717, 1.165) is 46.7 Å². The molecule has 0 nitrogen and oxygen atoms in total. The summed E-state index contributed by atoms with van der Waals surface area (Å²) in [7, 11) is 8.43. The minimum atomic E-state index is 0.923. The van der Waals surface area contributed by atoms with Crippen LogP contribution in [0.5, 0.6) is 0 Å². The maximum Gasteiger partial charge on any atom is 0.118 e. The van der Waals surface area contributed by atoms with Crippen LogP contribution in [0.15, 0.2) is 11.6 Å². The van der Waals surface area contributed by atoms with Crippen LogP contribution in [0.2, 0.25) is 34.9 Å². The highest BCUT2D eigenvalue weighted by Gasteiger charge is 2.43. The molecule has 2 bridgehead atoms. The van der Waals surface area contributed by atoms with Crippen molar-refractivity contribution in [3.63, 3.8) is 0 Å². The second-order valence-corrected chi connectivity index (χ2v) is 10.2. The number of hydrogen-bond acceptors (Lipinski definition) is 0. The van der Waals surface area contributed by atoms with Crippen LogP contribution in [-0.2, 0) is 0 Å². The highest BCUT2D eigenvalue weighted by atomic mass is 14.4. The maximum atomic E-state index is 2.84. The average molecular weight is 331 g/mol. The molecule has 0 heterocycles. The largest absolute Gasteiger partial charge is 0.118 e. The quantitative estimate of drug-likeness (QED) is 0.392. The van der Waals surface area contributed by atoms with E-state index in [-0.39, 0.29) is 0 Å². The van der Waals surface area contributed by atoms with Crippen LogP contribution in [0.4, 0.5) is 0 Å². The molecule has 5 aliphatic rings. The van der Waals surface area contributed by atoms with E-state index < -0.39 is 0 Å². The Morgan fingerprint density at radius 3 is 1.84 bits per heavy atom. The molecule has 0 saturated heterocycles. The van der Waals surface area contributed by atoms with Gasteiger partial charge >= 0.3 is 0 Å². The lowest BCUT2D eigenvalue weighted by molar-refractivity contribution is 0.334. The van der Waals surface area contributed by atoms with Crippen LogP contribution in [-0.4, -0.2) is 21.8 Å². The number of rotatable bonds is 6. The lowest BCUT2D eigenvalue weighted by atomic mass is 9.27. The minimum absolute atomic E-state index is 0.923. The summed E-state index contributed by atoms with van der Waals surface area (Å²) in [5.74, 6) is 7.58. The van der Waals surface area contributed by atoms with Gasteiger partial charge in [-0.1, -0.05) is 98.4 Å². The maximum absolute atomic E-state index is 2.84. The number of allylic oxidation sites excluding steroid dienone is 2. The van der Waals surface area contributed by atoms with Crippen LogP contribution in [0, 0.1) is 11.8 Å².